The molecule has 1 N–H and O–H groups in total. The van der Waals surface area contributed by atoms with Crippen LogP contribution in [-0.2, 0) is 6.42 Å². The molecule has 3 heteroatoms. The molecular weight excluding hydrogens is 212 g/mol. The van der Waals surface area contributed by atoms with E-state index in [1.165, 1.54) is 18.4 Å². The molecule has 17 heavy (non-hydrogen) atoms. The lowest BCUT2D eigenvalue weighted by Crippen LogP contribution is -2.12. The molecule has 3 nitrogen and oxygen atoms in total. The summed E-state index contributed by atoms with van der Waals surface area (Å²) in [7, 11) is 0. The summed E-state index contributed by atoms with van der Waals surface area (Å²) in [6.45, 7) is 0. The van der Waals surface area contributed by atoms with Gasteiger partial charge in [-0.3, -0.25) is 4.79 Å². The molecule has 1 aromatic heterocycles. The number of benzene rings is 1. The van der Waals surface area contributed by atoms with Gasteiger partial charge < -0.3 is 4.98 Å². The maximum Gasteiger partial charge on any atom is 0.251 e. The van der Waals surface area contributed by atoms with Crippen LogP contribution in [0.1, 0.15) is 35.8 Å². The van der Waals surface area contributed by atoms with Crippen molar-refractivity contribution in [3.05, 3.63) is 63.8 Å². The minimum absolute atomic E-state index is 0.0344. The lowest BCUT2D eigenvalue weighted by Gasteiger charge is -2.03. The van der Waals surface area contributed by atoms with Crippen LogP contribution in [0.4, 0.5) is 0 Å². The summed E-state index contributed by atoms with van der Waals surface area (Å²) in [4.78, 5) is 18.9. The molecule has 1 aliphatic carbocycles. The van der Waals surface area contributed by atoms with Gasteiger partial charge in [-0.25, -0.2) is 4.98 Å². The van der Waals surface area contributed by atoms with Crippen LogP contribution in [0, 0.1) is 0 Å². The molecule has 0 radical (unpaired) electrons. The van der Waals surface area contributed by atoms with E-state index >= 15 is 0 Å². The summed E-state index contributed by atoms with van der Waals surface area (Å²) < 4.78 is 0. The zero-order valence-corrected chi connectivity index (χ0v) is 9.52. The van der Waals surface area contributed by atoms with E-state index in [0.717, 1.165) is 11.5 Å². The summed E-state index contributed by atoms with van der Waals surface area (Å²) in [5, 5.41) is 0. The standard InChI is InChI=1S/C14H14N2O/c17-14-9-12(11-6-7-11)15-13(16-14)8-10-4-2-1-3-5-10/h1-5,9,11H,6-8H2,(H,15,16,17). The average Bonchev–Trinajstić information content (AvgIpc) is 3.13. The summed E-state index contributed by atoms with van der Waals surface area (Å²) in [5.41, 5.74) is 2.09. The first kappa shape index (κ1) is 10.3. The summed E-state index contributed by atoms with van der Waals surface area (Å²) in [5.74, 6) is 1.29. The Kier molecular flexibility index (Phi) is 2.52. The highest BCUT2D eigenvalue weighted by atomic mass is 16.1. The Morgan fingerprint density at radius 3 is 2.71 bits per heavy atom. The van der Waals surface area contributed by atoms with Gasteiger partial charge in [-0.2, -0.15) is 0 Å². The Morgan fingerprint density at radius 2 is 2.00 bits per heavy atom. The maximum atomic E-state index is 11.5. The second kappa shape index (κ2) is 4.17. The Hall–Kier alpha value is -1.90. The van der Waals surface area contributed by atoms with Crippen LogP contribution < -0.4 is 5.56 Å². The van der Waals surface area contributed by atoms with Crippen LogP contribution in [0.25, 0.3) is 0 Å². The quantitative estimate of drug-likeness (QED) is 0.872. The van der Waals surface area contributed by atoms with Gasteiger partial charge in [0, 0.05) is 18.4 Å². The van der Waals surface area contributed by atoms with E-state index in [9.17, 15) is 4.79 Å². The fourth-order valence-corrected chi connectivity index (χ4v) is 1.99. The van der Waals surface area contributed by atoms with Gasteiger partial charge in [0.05, 0.1) is 5.69 Å². The number of nitrogens with one attached hydrogen (secondary N) is 1. The van der Waals surface area contributed by atoms with E-state index in [1.54, 1.807) is 6.07 Å². The van der Waals surface area contributed by atoms with Crippen LogP contribution in [0.5, 0.6) is 0 Å². The van der Waals surface area contributed by atoms with Crippen molar-refractivity contribution in [2.75, 3.05) is 0 Å². The normalized spacial score (nSPS) is 14.8. The molecule has 86 valence electrons. The molecular formula is C14H14N2O. The second-order valence-corrected chi connectivity index (χ2v) is 4.55. The highest BCUT2D eigenvalue weighted by Gasteiger charge is 2.25. The topological polar surface area (TPSA) is 45.8 Å². The van der Waals surface area contributed by atoms with Gasteiger partial charge in [0.1, 0.15) is 5.82 Å². The number of rotatable bonds is 3. The maximum absolute atomic E-state index is 11.5. The first-order valence-corrected chi connectivity index (χ1v) is 5.95. The van der Waals surface area contributed by atoms with Crippen LogP contribution in [0.15, 0.2) is 41.2 Å². The first-order chi connectivity index (χ1) is 8.31. The third kappa shape index (κ3) is 2.44. The van der Waals surface area contributed by atoms with Gasteiger partial charge in [0.25, 0.3) is 5.56 Å². The lowest BCUT2D eigenvalue weighted by atomic mass is 10.1. The Balaban J connectivity index is 1.90. The molecule has 0 amide bonds. The number of H-pyrrole nitrogens is 1. The number of hydrogen-bond acceptors (Lipinski definition) is 2. The van der Waals surface area contributed by atoms with Crippen LogP contribution in [0.3, 0.4) is 0 Å². The van der Waals surface area contributed by atoms with Gasteiger partial charge in [0.15, 0.2) is 0 Å². The van der Waals surface area contributed by atoms with E-state index < -0.39 is 0 Å². The van der Waals surface area contributed by atoms with E-state index in [0.29, 0.717) is 12.3 Å². The molecule has 1 aliphatic rings. The molecule has 0 bridgehead atoms. The van der Waals surface area contributed by atoms with Crippen LogP contribution in [-0.4, -0.2) is 9.97 Å². The molecule has 1 fully saturated rings. The van der Waals surface area contributed by atoms with Crippen molar-refractivity contribution in [2.45, 2.75) is 25.2 Å². The molecule has 0 atom stereocenters. The minimum Gasteiger partial charge on any atom is -0.310 e. The summed E-state index contributed by atoms with van der Waals surface area (Å²) >= 11 is 0. The summed E-state index contributed by atoms with van der Waals surface area (Å²) in [6.07, 6.45) is 3.03. The van der Waals surface area contributed by atoms with Crippen molar-refractivity contribution < 1.29 is 0 Å². The third-order valence-corrected chi connectivity index (χ3v) is 3.02. The van der Waals surface area contributed by atoms with E-state index in [1.807, 2.05) is 30.3 Å². The van der Waals surface area contributed by atoms with E-state index in [-0.39, 0.29) is 5.56 Å². The van der Waals surface area contributed by atoms with Crippen LogP contribution >= 0.6 is 0 Å². The van der Waals surface area contributed by atoms with Crippen molar-refractivity contribution in [3.63, 3.8) is 0 Å². The second-order valence-electron chi connectivity index (χ2n) is 4.55. The zero-order chi connectivity index (χ0) is 11.7. The van der Waals surface area contributed by atoms with E-state index in [2.05, 4.69) is 9.97 Å². The predicted octanol–water partition coefficient (Wildman–Crippen LogP) is 2.24. The fraction of sp³-hybridized carbons (Fsp3) is 0.286. The van der Waals surface area contributed by atoms with Crippen molar-refractivity contribution in [1.29, 1.82) is 0 Å². The molecule has 1 saturated carbocycles. The van der Waals surface area contributed by atoms with Gasteiger partial charge in [-0.15, -0.1) is 0 Å². The molecule has 3 rings (SSSR count). The highest BCUT2D eigenvalue weighted by Crippen LogP contribution is 2.38. The zero-order valence-electron chi connectivity index (χ0n) is 9.52. The fourth-order valence-electron chi connectivity index (χ4n) is 1.99. The molecule has 0 saturated heterocycles. The Bertz CT molecular complexity index is 570. The third-order valence-electron chi connectivity index (χ3n) is 3.02. The number of aromatic nitrogens is 2. The monoisotopic (exact) mass is 226 g/mol. The van der Waals surface area contributed by atoms with Gasteiger partial charge >= 0.3 is 0 Å². The first-order valence-electron chi connectivity index (χ1n) is 5.95. The number of hydrogen-bond donors (Lipinski definition) is 1. The van der Waals surface area contributed by atoms with Gasteiger partial charge in [-0.05, 0) is 18.4 Å². The molecule has 0 spiro atoms. The Morgan fingerprint density at radius 1 is 1.24 bits per heavy atom. The SMILES string of the molecule is O=c1cc(C2CC2)nc(Cc2ccccc2)[nH]1. The average molecular weight is 226 g/mol. The van der Waals surface area contributed by atoms with Crippen molar-refractivity contribution in [3.8, 4) is 0 Å². The van der Waals surface area contributed by atoms with Crippen LogP contribution in [0.2, 0.25) is 0 Å². The minimum atomic E-state index is -0.0344. The lowest BCUT2D eigenvalue weighted by molar-refractivity contribution is 0.882. The van der Waals surface area contributed by atoms with Crippen molar-refractivity contribution in [2.24, 2.45) is 0 Å². The molecule has 1 aromatic carbocycles. The molecule has 2 aromatic rings. The molecule has 0 unspecified atom stereocenters. The predicted molar refractivity (Wildman–Crippen MR) is 66.1 cm³/mol. The molecule has 0 aliphatic heterocycles. The summed E-state index contributed by atoms with van der Waals surface area (Å²) in [6, 6.07) is 11.7. The van der Waals surface area contributed by atoms with E-state index in [4.69, 9.17) is 0 Å². The van der Waals surface area contributed by atoms with Gasteiger partial charge in [-0.1, -0.05) is 30.3 Å². The number of nitrogens with zero attached hydrogens (tertiary/aromatic N) is 1. The number of aromatic amines is 1. The van der Waals surface area contributed by atoms with Gasteiger partial charge in [0.2, 0.25) is 0 Å². The smallest absolute Gasteiger partial charge is 0.251 e. The Labute approximate surface area is 99.5 Å². The highest BCUT2D eigenvalue weighted by molar-refractivity contribution is 5.21. The van der Waals surface area contributed by atoms with Crippen molar-refractivity contribution in [1.82, 2.24) is 9.97 Å². The molecule has 1 heterocycles. The largest absolute Gasteiger partial charge is 0.310 e. The van der Waals surface area contributed by atoms with Crippen molar-refractivity contribution >= 4 is 0 Å².